The lowest BCUT2D eigenvalue weighted by molar-refractivity contribution is -0.137. The van der Waals surface area contributed by atoms with E-state index < -0.39 is 17.8 Å². The number of carbonyl (C=O) groups excluding carboxylic acids is 1. The molecule has 2 amide bonds. The smallest absolute Gasteiger partial charge is 0.318 e. The molecule has 2 N–H and O–H groups in total. The van der Waals surface area contributed by atoms with Crippen LogP contribution in [-0.2, 0) is 25.4 Å². The van der Waals surface area contributed by atoms with Crippen LogP contribution in [0.4, 0.5) is 23.7 Å². The number of aromatic nitrogens is 2. The number of alkyl halides is 3. The summed E-state index contributed by atoms with van der Waals surface area (Å²) >= 11 is 0. The van der Waals surface area contributed by atoms with Crippen molar-refractivity contribution in [1.82, 2.24) is 14.9 Å². The van der Waals surface area contributed by atoms with Gasteiger partial charge in [-0.05, 0) is 31.0 Å². The van der Waals surface area contributed by atoms with Crippen molar-refractivity contribution < 1.29 is 18.0 Å². The molecular formula is C20H21F3N4O2. The van der Waals surface area contributed by atoms with Crippen LogP contribution in [0.1, 0.15) is 42.4 Å². The standard InChI is InChI=1S/C20H21F3N4O2/c1-2-17-25-16-10-14-7-6-13(9-15(16)18(28)26-17)27(14)19(29)24-12-5-3-4-11(8-12)20(21,22)23/h3-5,8,13-14H,2,6-7,9-10H2,1H3,(H,24,29)(H,25,26,28). The molecule has 2 unspecified atom stereocenters. The summed E-state index contributed by atoms with van der Waals surface area (Å²) < 4.78 is 38.8. The lowest BCUT2D eigenvalue weighted by atomic mass is 9.98. The predicted molar refractivity (Wildman–Crippen MR) is 101 cm³/mol. The van der Waals surface area contributed by atoms with Crippen LogP contribution in [0.2, 0.25) is 0 Å². The van der Waals surface area contributed by atoms with Crippen molar-refractivity contribution >= 4 is 11.7 Å². The van der Waals surface area contributed by atoms with Crippen molar-refractivity contribution in [3.63, 3.8) is 0 Å². The number of nitrogens with one attached hydrogen (secondary N) is 2. The molecule has 6 nitrogen and oxygen atoms in total. The van der Waals surface area contributed by atoms with Crippen LogP contribution in [0, 0.1) is 0 Å². The molecular weight excluding hydrogens is 385 g/mol. The molecule has 0 saturated carbocycles. The summed E-state index contributed by atoms with van der Waals surface area (Å²) in [4.78, 5) is 34.4. The van der Waals surface area contributed by atoms with Crippen molar-refractivity contribution in [2.45, 2.75) is 57.3 Å². The van der Waals surface area contributed by atoms with Crippen molar-refractivity contribution in [3.8, 4) is 0 Å². The SMILES string of the molecule is CCc1nc2c(c(=O)[nH]1)CC1CCC(C2)N1C(=O)Nc1cccc(C(F)(F)F)c1. The van der Waals surface area contributed by atoms with Gasteiger partial charge < -0.3 is 15.2 Å². The molecule has 2 aromatic rings. The van der Waals surface area contributed by atoms with E-state index in [1.54, 1.807) is 4.90 Å². The van der Waals surface area contributed by atoms with Gasteiger partial charge in [-0.15, -0.1) is 0 Å². The van der Waals surface area contributed by atoms with E-state index in [0.29, 0.717) is 30.7 Å². The van der Waals surface area contributed by atoms with E-state index in [9.17, 15) is 22.8 Å². The number of rotatable bonds is 2. The Morgan fingerprint density at radius 1 is 1.28 bits per heavy atom. The lowest BCUT2D eigenvalue weighted by Gasteiger charge is -2.28. The first-order valence-corrected chi connectivity index (χ1v) is 9.63. The maximum Gasteiger partial charge on any atom is 0.416 e. The number of urea groups is 1. The average molecular weight is 406 g/mol. The van der Waals surface area contributed by atoms with Gasteiger partial charge in [0.25, 0.3) is 5.56 Å². The number of halogens is 3. The van der Waals surface area contributed by atoms with Gasteiger partial charge in [0.15, 0.2) is 0 Å². The lowest BCUT2D eigenvalue weighted by Crippen LogP contribution is -2.44. The third-order valence-corrected chi connectivity index (χ3v) is 5.65. The maximum atomic E-state index is 12.9. The summed E-state index contributed by atoms with van der Waals surface area (Å²) in [5.41, 5.74) is 0.429. The highest BCUT2D eigenvalue weighted by Gasteiger charge is 2.41. The summed E-state index contributed by atoms with van der Waals surface area (Å²) in [6.07, 6.45) is -1.48. The monoisotopic (exact) mass is 406 g/mol. The number of hydrogen-bond donors (Lipinski definition) is 2. The Hall–Kier alpha value is -2.84. The van der Waals surface area contributed by atoms with Gasteiger partial charge >= 0.3 is 12.2 Å². The summed E-state index contributed by atoms with van der Waals surface area (Å²) in [6, 6.07) is 3.82. The fourth-order valence-electron chi connectivity index (χ4n) is 4.26. The van der Waals surface area contributed by atoms with E-state index >= 15 is 0 Å². The fourth-order valence-corrected chi connectivity index (χ4v) is 4.26. The molecule has 4 rings (SSSR count). The van der Waals surface area contributed by atoms with Gasteiger partial charge in [0.05, 0.1) is 11.3 Å². The Kier molecular flexibility index (Phi) is 4.84. The molecule has 2 atom stereocenters. The van der Waals surface area contributed by atoms with Gasteiger partial charge in [0, 0.05) is 42.6 Å². The molecule has 2 aliphatic rings. The predicted octanol–water partition coefficient (Wildman–Crippen LogP) is 3.51. The third kappa shape index (κ3) is 3.73. The van der Waals surface area contributed by atoms with Crippen molar-refractivity contribution in [1.29, 1.82) is 0 Å². The Bertz CT molecular complexity index is 1000. The Balaban J connectivity index is 1.58. The quantitative estimate of drug-likeness (QED) is 0.801. The highest BCUT2D eigenvalue weighted by molar-refractivity contribution is 5.90. The van der Waals surface area contributed by atoms with Crippen LogP contribution in [-0.4, -0.2) is 33.0 Å². The Morgan fingerprint density at radius 3 is 2.69 bits per heavy atom. The number of benzene rings is 1. The van der Waals surface area contributed by atoms with Crippen molar-refractivity contribution in [2.24, 2.45) is 0 Å². The van der Waals surface area contributed by atoms with Gasteiger partial charge in [-0.1, -0.05) is 13.0 Å². The molecule has 3 heterocycles. The van der Waals surface area contributed by atoms with E-state index in [1.807, 2.05) is 6.92 Å². The number of amides is 2. The summed E-state index contributed by atoms with van der Waals surface area (Å²) in [7, 11) is 0. The maximum absolute atomic E-state index is 12.9. The average Bonchev–Trinajstić information content (AvgIpc) is 2.96. The molecule has 2 aliphatic heterocycles. The van der Waals surface area contributed by atoms with Crippen LogP contribution in [0.3, 0.4) is 0 Å². The minimum Gasteiger partial charge on any atom is -0.318 e. The zero-order valence-electron chi connectivity index (χ0n) is 15.8. The normalized spacial score (nSPS) is 20.9. The largest absolute Gasteiger partial charge is 0.416 e. The summed E-state index contributed by atoms with van der Waals surface area (Å²) in [5, 5.41) is 2.60. The zero-order chi connectivity index (χ0) is 20.8. The number of aromatic amines is 1. The van der Waals surface area contributed by atoms with Crippen LogP contribution in [0.15, 0.2) is 29.1 Å². The molecule has 29 heavy (non-hydrogen) atoms. The van der Waals surface area contributed by atoms with Gasteiger partial charge in [-0.3, -0.25) is 4.79 Å². The first-order chi connectivity index (χ1) is 13.8. The van der Waals surface area contributed by atoms with Crippen LogP contribution < -0.4 is 10.9 Å². The number of carbonyl (C=O) groups is 1. The summed E-state index contributed by atoms with van der Waals surface area (Å²) in [5.74, 6) is 0.617. The van der Waals surface area contributed by atoms with E-state index in [-0.39, 0.29) is 23.3 Å². The number of aryl methyl sites for hydroxylation is 1. The molecule has 0 spiro atoms. The van der Waals surface area contributed by atoms with E-state index in [4.69, 9.17) is 0 Å². The first-order valence-electron chi connectivity index (χ1n) is 9.63. The molecule has 0 aliphatic carbocycles. The van der Waals surface area contributed by atoms with Crippen LogP contribution in [0.5, 0.6) is 0 Å². The first kappa shape index (κ1) is 19.5. The second kappa shape index (κ2) is 7.20. The van der Waals surface area contributed by atoms with E-state index in [2.05, 4.69) is 15.3 Å². The number of hydrogen-bond acceptors (Lipinski definition) is 3. The van der Waals surface area contributed by atoms with Gasteiger partial charge in [0.2, 0.25) is 0 Å². The number of nitrogens with zero attached hydrogens (tertiary/aromatic N) is 2. The highest BCUT2D eigenvalue weighted by Crippen LogP contribution is 2.34. The molecule has 1 aromatic carbocycles. The number of anilines is 1. The molecule has 154 valence electrons. The Labute approximate surface area is 165 Å². The van der Waals surface area contributed by atoms with Crippen molar-refractivity contribution in [2.75, 3.05) is 5.32 Å². The fraction of sp³-hybridized carbons (Fsp3) is 0.450. The number of H-pyrrole nitrogens is 1. The van der Waals surface area contributed by atoms with Crippen LogP contribution in [0.25, 0.3) is 0 Å². The molecule has 2 bridgehead atoms. The minimum absolute atomic E-state index is 0.0928. The van der Waals surface area contributed by atoms with Crippen LogP contribution >= 0.6 is 0 Å². The summed E-state index contributed by atoms with van der Waals surface area (Å²) in [6.45, 7) is 1.91. The highest BCUT2D eigenvalue weighted by atomic mass is 19.4. The zero-order valence-corrected chi connectivity index (χ0v) is 15.8. The second-order valence-electron chi connectivity index (χ2n) is 7.50. The minimum atomic E-state index is -4.48. The molecule has 1 saturated heterocycles. The van der Waals surface area contributed by atoms with Gasteiger partial charge in [-0.2, -0.15) is 13.2 Å². The third-order valence-electron chi connectivity index (χ3n) is 5.65. The molecule has 0 radical (unpaired) electrons. The number of fused-ring (bicyclic) bond motifs is 3. The van der Waals surface area contributed by atoms with Gasteiger partial charge in [0.1, 0.15) is 5.82 Å². The van der Waals surface area contributed by atoms with Gasteiger partial charge in [-0.25, -0.2) is 9.78 Å². The van der Waals surface area contributed by atoms with Crippen molar-refractivity contribution in [3.05, 3.63) is 57.3 Å². The Morgan fingerprint density at radius 2 is 2.00 bits per heavy atom. The second-order valence-corrected chi connectivity index (χ2v) is 7.50. The molecule has 9 heteroatoms. The topological polar surface area (TPSA) is 78.1 Å². The van der Waals surface area contributed by atoms with E-state index in [1.165, 1.54) is 12.1 Å². The van der Waals surface area contributed by atoms with E-state index in [0.717, 1.165) is 30.7 Å². The molecule has 1 fully saturated rings. The molecule has 1 aromatic heterocycles.